The monoisotopic (exact) mass is 489 g/mol. The maximum absolute atomic E-state index is 14.6. The van der Waals surface area contributed by atoms with Crippen LogP contribution in [0, 0.1) is 12.7 Å². The van der Waals surface area contributed by atoms with Crippen molar-refractivity contribution in [1.82, 2.24) is 19.4 Å². The molecule has 1 aliphatic rings. The van der Waals surface area contributed by atoms with Crippen LogP contribution in [0.25, 0.3) is 11.0 Å². The smallest absolute Gasteiger partial charge is 0.266 e. The Labute approximate surface area is 199 Å². The number of fused-ring (bicyclic) bond motifs is 1. The van der Waals surface area contributed by atoms with E-state index in [9.17, 15) is 22.8 Å². The SMILES string of the molecule is COC1(c2cc3c(NCc4cccc(C(F)F)c4F)nc(C)nc3n(C)c2=O)CCN(C(C)=O)C1. The van der Waals surface area contributed by atoms with Crippen LogP contribution in [0.15, 0.2) is 29.1 Å². The fourth-order valence-electron chi connectivity index (χ4n) is 4.53. The van der Waals surface area contributed by atoms with Gasteiger partial charge in [-0.1, -0.05) is 18.2 Å². The van der Waals surface area contributed by atoms with Gasteiger partial charge in [0.2, 0.25) is 5.91 Å². The number of methoxy groups -OCH3 is 1. The summed E-state index contributed by atoms with van der Waals surface area (Å²) < 4.78 is 48.0. The number of amides is 1. The first-order valence-electron chi connectivity index (χ1n) is 11.1. The van der Waals surface area contributed by atoms with Gasteiger partial charge in [-0.25, -0.2) is 23.1 Å². The van der Waals surface area contributed by atoms with Crippen LogP contribution in [0.2, 0.25) is 0 Å². The van der Waals surface area contributed by atoms with E-state index in [1.54, 1.807) is 24.9 Å². The molecule has 1 fully saturated rings. The first kappa shape index (κ1) is 24.6. The summed E-state index contributed by atoms with van der Waals surface area (Å²) in [5.41, 5.74) is -1.24. The summed E-state index contributed by atoms with van der Waals surface area (Å²) in [5.74, 6) is -0.406. The second kappa shape index (κ2) is 9.29. The maximum Gasteiger partial charge on any atom is 0.266 e. The normalized spacial score (nSPS) is 18.0. The third-order valence-corrected chi connectivity index (χ3v) is 6.53. The third-order valence-electron chi connectivity index (χ3n) is 6.53. The zero-order chi connectivity index (χ0) is 25.5. The number of aromatic nitrogens is 3. The molecular weight excluding hydrogens is 463 g/mol. The van der Waals surface area contributed by atoms with Crippen LogP contribution in [0.4, 0.5) is 19.0 Å². The van der Waals surface area contributed by atoms with Crippen molar-refractivity contribution in [2.45, 2.75) is 38.8 Å². The molecule has 3 heterocycles. The highest BCUT2D eigenvalue weighted by atomic mass is 19.3. The molecule has 0 aliphatic carbocycles. The maximum atomic E-state index is 14.6. The number of rotatable bonds is 6. The summed E-state index contributed by atoms with van der Waals surface area (Å²) in [6.07, 6.45) is -2.49. The topological polar surface area (TPSA) is 89.3 Å². The van der Waals surface area contributed by atoms with Crippen molar-refractivity contribution in [2.24, 2.45) is 7.05 Å². The van der Waals surface area contributed by atoms with E-state index in [-0.39, 0.29) is 30.1 Å². The number of ether oxygens (including phenoxy) is 1. The zero-order valence-corrected chi connectivity index (χ0v) is 19.9. The highest BCUT2D eigenvalue weighted by molar-refractivity contribution is 5.87. The molecule has 2 aromatic heterocycles. The Morgan fingerprint density at radius 2 is 2.06 bits per heavy atom. The fraction of sp³-hybridized carbons (Fsp3) is 0.417. The number of nitrogens with one attached hydrogen (secondary N) is 1. The number of aryl methyl sites for hydroxylation is 2. The van der Waals surface area contributed by atoms with E-state index in [0.717, 1.165) is 6.07 Å². The molecule has 1 saturated heterocycles. The van der Waals surface area contributed by atoms with Crippen LogP contribution >= 0.6 is 0 Å². The van der Waals surface area contributed by atoms with Gasteiger partial charge in [-0.3, -0.25) is 14.2 Å². The average molecular weight is 489 g/mol. The molecule has 3 aromatic rings. The van der Waals surface area contributed by atoms with E-state index in [4.69, 9.17) is 4.74 Å². The molecule has 4 rings (SSSR count). The van der Waals surface area contributed by atoms with Crippen molar-refractivity contribution < 1.29 is 22.7 Å². The lowest BCUT2D eigenvalue weighted by Crippen LogP contribution is -2.40. The molecule has 1 N–H and O–H groups in total. The standard InChI is InChI=1S/C24H26F3N5O3/c1-13-29-21(28-11-15-6-5-7-16(19(15)25)20(26)27)17-10-18(23(34)31(3)22(17)30-13)24(35-4)8-9-32(12-24)14(2)33/h5-7,10,20H,8-9,11-12H2,1-4H3,(H,28,29,30). The van der Waals surface area contributed by atoms with Gasteiger partial charge < -0.3 is 15.0 Å². The molecule has 8 nitrogen and oxygen atoms in total. The quantitative estimate of drug-likeness (QED) is 0.571. The Morgan fingerprint density at radius 3 is 2.69 bits per heavy atom. The molecule has 0 saturated carbocycles. The predicted octanol–water partition coefficient (Wildman–Crippen LogP) is 3.42. The molecule has 1 amide bonds. The lowest BCUT2D eigenvalue weighted by molar-refractivity contribution is -0.129. The summed E-state index contributed by atoms with van der Waals surface area (Å²) >= 11 is 0. The van der Waals surface area contributed by atoms with E-state index in [0.29, 0.717) is 41.2 Å². The third kappa shape index (κ3) is 4.36. The lowest BCUT2D eigenvalue weighted by Gasteiger charge is -2.28. The van der Waals surface area contributed by atoms with Crippen LogP contribution in [-0.4, -0.2) is 45.5 Å². The number of carbonyl (C=O) groups excluding carboxylic acids is 1. The molecule has 0 bridgehead atoms. The van der Waals surface area contributed by atoms with Crippen molar-refractivity contribution in [3.05, 3.63) is 63.0 Å². The van der Waals surface area contributed by atoms with E-state index in [2.05, 4.69) is 15.3 Å². The number of benzene rings is 1. The molecule has 1 unspecified atom stereocenters. The van der Waals surface area contributed by atoms with Crippen LogP contribution in [0.3, 0.4) is 0 Å². The number of hydrogen-bond donors (Lipinski definition) is 1. The largest absolute Gasteiger partial charge is 0.371 e. The van der Waals surface area contributed by atoms with Gasteiger partial charge >= 0.3 is 0 Å². The highest BCUT2D eigenvalue weighted by Gasteiger charge is 2.43. The fourth-order valence-corrected chi connectivity index (χ4v) is 4.53. The lowest BCUT2D eigenvalue weighted by atomic mass is 9.93. The first-order chi connectivity index (χ1) is 16.6. The van der Waals surface area contributed by atoms with E-state index in [1.807, 2.05) is 0 Å². The summed E-state index contributed by atoms with van der Waals surface area (Å²) in [7, 11) is 3.08. The second-order valence-corrected chi connectivity index (χ2v) is 8.64. The Morgan fingerprint density at radius 1 is 1.31 bits per heavy atom. The minimum atomic E-state index is -2.93. The number of nitrogens with zero attached hydrogens (tertiary/aromatic N) is 4. The minimum absolute atomic E-state index is 0.0542. The number of pyridine rings is 1. The van der Waals surface area contributed by atoms with Crippen molar-refractivity contribution in [3.8, 4) is 0 Å². The van der Waals surface area contributed by atoms with Gasteiger partial charge in [-0.2, -0.15) is 0 Å². The highest BCUT2D eigenvalue weighted by Crippen LogP contribution is 2.35. The number of likely N-dealkylation sites (tertiary alicyclic amines) is 1. The molecule has 0 spiro atoms. The molecule has 1 aliphatic heterocycles. The Bertz CT molecular complexity index is 1360. The van der Waals surface area contributed by atoms with Gasteiger partial charge in [0.05, 0.1) is 23.1 Å². The molecule has 35 heavy (non-hydrogen) atoms. The molecule has 0 radical (unpaired) electrons. The zero-order valence-electron chi connectivity index (χ0n) is 19.9. The molecule has 1 aromatic carbocycles. The Kier molecular flexibility index (Phi) is 6.54. The van der Waals surface area contributed by atoms with Gasteiger partial charge in [0.1, 0.15) is 28.7 Å². The minimum Gasteiger partial charge on any atom is -0.371 e. The molecule has 1 atom stereocenters. The van der Waals surface area contributed by atoms with E-state index >= 15 is 0 Å². The molecule has 186 valence electrons. The van der Waals surface area contributed by atoms with Gasteiger partial charge in [-0.15, -0.1) is 0 Å². The number of halogens is 3. The second-order valence-electron chi connectivity index (χ2n) is 8.64. The molecular formula is C24H26F3N5O3. The summed E-state index contributed by atoms with van der Waals surface area (Å²) in [4.78, 5) is 35.7. The van der Waals surface area contributed by atoms with Crippen molar-refractivity contribution in [2.75, 3.05) is 25.5 Å². The first-order valence-corrected chi connectivity index (χ1v) is 11.1. The van der Waals surface area contributed by atoms with E-state index in [1.165, 1.54) is 30.7 Å². The summed E-state index contributed by atoms with van der Waals surface area (Å²) in [6.45, 7) is 3.67. The number of carbonyl (C=O) groups is 1. The van der Waals surface area contributed by atoms with Crippen LogP contribution in [-0.2, 0) is 28.7 Å². The van der Waals surface area contributed by atoms with Gasteiger partial charge in [-0.05, 0) is 13.0 Å². The van der Waals surface area contributed by atoms with Crippen molar-refractivity contribution in [3.63, 3.8) is 0 Å². The number of alkyl halides is 2. The van der Waals surface area contributed by atoms with Gasteiger partial charge in [0.15, 0.2) is 0 Å². The predicted molar refractivity (Wildman–Crippen MR) is 124 cm³/mol. The van der Waals surface area contributed by atoms with Crippen molar-refractivity contribution in [1.29, 1.82) is 0 Å². The Hall–Kier alpha value is -3.47. The number of hydrogen-bond acceptors (Lipinski definition) is 6. The summed E-state index contributed by atoms with van der Waals surface area (Å²) in [5, 5.41) is 3.50. The van der Waals surface area contributed by atoms with Gasteiger partial charge in [0.25, 0.3) is 12.0 Å². The van der Waals surface area contributed by atoms with Crippen LogP contribution in [0.5, 0.6) is 0 Å². The number of anilines is 1. The average Bonchev–Trinajstić information content (AvgIpc) is 3.27. The van der Waals surface area contributed by atoms with Crippen LogP contribution < -0.4 is 10.9 Å². The Balaban J connectivity index is 1.80. The molecule has 11 heteroatoms. The van der Waals surface area contributed by atoms with Crippen LogP contribution in [0.1, 0.15) is 42.3 Å². The van der Waals surface area contributed by atoms with E-state index < -0.39 is 23.4 Å². The van der Waals surface area contributed by atoms with Gasteiger partial charge in [0, 0.05) is 46.2 Å². The summed E-state index contributed by atoms with van der Waals surface area (Å²) in [6, 6.07) is 5.47. The van der Waals surface area contributed by atoms with Crippen molar-refractivity contribution >= 4 is 22.8 Å².